The molecular formula is C24H19N3OS. The molecule has 0 unspecified atom stereocenters. The van der Waals surface area contributed by atoms with Gasteiger partial charge in [-0.05, 0) is 42.3 Å². The lowest BCUT2D eigenvalue weighted by Crippen LogP contribution is -2.26. The number of H-pyrrole nitrogens is 1. The van der Waals surface area contributed by atoms with E-state index in [2.05, 4.69) is 22.4 Å². The smallest absolute Gasteiger partial charge is 0.252 e. The van der Waals surface area contributed by atoms with Crippen LogP contribution in [-0.4, -0.2) is 17.4 Å². The fourth-order valence-electron chi connectivity index (χ4n) is 3.25. The molecule has 4 nitrogen and oxygen atoms in total. The van der Waals surface area contributed by atoms with Gasteiger partial charge in [-0.15, -0.1) is 0 Å². The molecule has 0 saturated heterocycles. The van der Waals surface area contributed by atoms with Gasteiger partial charge in [-0.1, -0.05) is 54.2 Å². The fraction of sp³-hybridized carbons (Fsp3) is 0.0833. The number of nitrogens with zero attached hydrogens (tertiary/aromatic N) is 1. The molecule has 1 amide bonds. The molecule has 0 aliphatic carbocycles. The first-order valence-corrected chi connectivity index (χ1v) is 10.2. The Balaban J connectivity index is 1.46. The molecule has 0 atom stereocenters. The second kappa shape index (κ2) is 8.68. The van der Waals surface area contributed by atoms with Gasteiger partial charge in [-0.25, -0.2) is 0 Å². The molecule has 29 heavy (non-hydrogen) atoms. The molecule has 1 heterocycles. The van der Waals surface area contributed by atoms with E-state index in [4.69, 9.17) is 0 Å². The van der Waals surface area contributed by atoms with Gasteiger partial charge in [0.2, 0.25) is 0 Å². The summed E-state index contributed by atoms with van der Waals surface area (Å²) in [4.78, 5) is 17.7. The Morgan fingerprint density at radius 3 is 2.55 bits per heavy atom. The predicted octanol–water partition coefficient (Wildman–Crippen LogP) is 5.16. The molecule has 4 aromatic rings. The molecule has 142 valence electrons. The number of aromatic nitrogens is 1. The maximum atomic E-state index is 12.8. The van der Waals surface area contributed by atoms with Crippen LogP contribution in [-0.2, 0) is 6.42 Å². The number of carbonyl (C=O) groups is 1. The number of rotatable bonds is 6. The monoisotopic (exact) mass is 397 g/mol. The summed E-state index contributed by atoms with van der Waals surface area (Å²) >= 11 is 1.44. The number of aromatic amines is 1. The largest absolute Gasteiger partial charge is 0.361 e. The molecule has 0 aliphatic heterocycles. The first-order valence-electron chi connectivity index (χ1n) is 9.35. The van der Waals surface area contributed by atoms with E-state index in [9.17, 15) is 10.1 Å². The lowest BCUT2D eigenvalue weighted by Gasteiger charge is -2.10. The van der Waals surface area contributed by atoms with E-state index in [0.29, 0.717) is 17.7 Å². The van der Waals surface area contributed by atoms with Gasteiger partial charge in [-0.2, -0.15) is 5.26 Å². The third-order valence-electron chi connectivity index (χ3n) is 4.71. The second-order valence-corrected chi connectivity index (χ2v) is 7.66. The molecule has 0 spiro atoms. The van der Waals surface area contributed by atoms with Crippen molar-refractivity contribution in [3.05, 3.63) is 95.7 Å². The molecule has 0 saturated carbocycles. The SMILES string of the molecule is N#Cc1ccccc1Sc1ccccc1C(=O)NCCc1c[nH]c2ccccc12. The quantitative estimate of drug-likeness (QED) is 0.472. The van der Waals surface area contributed by atoms with Gasteiger partial charge in [0.1, 0.15) is 6.07 Å². The number of hydrogen-bond acceptors (Lipinski definition) is 3. The van der Waals surface area contributed by atoms with Crippen molar-refractivity contribution in [1.29, 1.82) is 5.26 Å². The third kappa shape index (κ3) is 4.18. The Hall–Kier alpha value is -3.49. The van der Waals surface area contributed by atoms with Gasteiger partial charge in [0.15, 0.2) is 0 Å². The topological polar surface area (TPSA) is 68.7 Å². The normalized spacial score (nSPS) is 10.6. The molecule has 1 aromatic heterocycles. The lowest BCUT2D eigenvalue weighted by atomic mass is 10.1. The van der Waals surface area contributed by atoms with E-state index in [1.165, 1.54) is 22.7 Å². The van der Waals surface area contributed by atoms with Gasteiger partial charge in [0.25, 0.3) is 5.91 Å². The van der Waals surface area contributed by atoms with E-state index >= 15 is 0 Å². The number of para-hydroxylation sites is 1. The maximum Gasteiger partial charge on any atom is 0.252 e. The molecule has 0 aliphatic rings. The highest BCUT2D eigenvalue weighted by Crippen LogP contribution is 2.32. The molecule has 0 bridgehead atoms. The van der Waals surface area contributed by atoms with Gasteiger partial charge in [-0.3, -0.25) is 4.79 Å². The third-order valence-corrected chi connectivity index (χ3v) is 5.87. The van der Waals surface area contributed by atoms with E-state index in [0.717, 1.165) is 21.7 Å². The Morgan fingerprint density at radius 1 is 0.966 bits per heavy atom. The zero-order valence-corrected chi connectivity index (χ0v) is 16.5. The van der Waals surface area contributed by atoms with Crippen molar-refractivity contribution >= 4 is 28.6 Å². The first kappa shape index (κ1) is 18.9. The first-order chi connectivity index (χ1) is 14.3. The van der Waals surface area contributed by atoms with Crippen molar-refractivity contribution in [2.75, 3.05) is 6.54 Å². The zero-order valence-electron chi connectivity index (χ0n) is 15.7. The van der Waals surface area contributed by atoms with E-state index in [1.807, 2.05) is 66.9 Å². The van der Waals surface area contributed by atoms with Gasteiger partial charge in [0.05, 0.1) is 11.1 Å². The van der Waals surface area contributed by atoms with Crippen LogP contribution in [0.3, 0.4) is 0 Å². The predicted molar refractivity (Wildman–Crippen MR) is 116 cm³/mol. The Labute approximate surface area is 173 Å². The molecule has 3 aromatic carbocycles. The number of carbonyl (C=O) groups excluding carboxylic acids is 1. The summed E-state index contributed by atoms with van der Waals surface area (Å²) in [6.45, 7) is 0.550. The molecule has 0 radical (unpaired) electrons. The molecule has 5 heteroatoms. The lowest BCUT2D eigenvalue weighted by molar-refractivity contribution is 0.0951. The van der Waals surface area contributed by atoms with Crippen molar-refractivity contribution in [2.45, 2.75) is 16.2 Å². The van der Waals surface area contributed by atoms with Crippen LogP contribution in [0.4, 0.5) is 0 Å². The van der Waals surface area contributed by atoms with Crippen molar-refractivity contribution in [3.8, 4) is 6.07 Å². The summed E-state index contributed by atoms with van der Waals surface area (Å²) in [5, 5.41) is 13.5. The van der Waals surface area contributed by atoms with Crippen LogP contribution in [0.15, 0.2) is 88.8 Å². The van der Waals surface area contributed by atoms with Crippen LogP contribution in [0.1, 0.15) is 21.5 Å². The minimum Gasteiger partial charge on any atom is -0.361 e. The molecule has 2 N–H and O–H groups in total. The maximum absolute atomic E-state index is 12.8. The summed E-state index contributed by atoms with van der Waals surface area (Å²) in [5.74, 6) is -0.109. The van der Waals surface area contributed by atoms with Crippen molar-refractivity contribution < 1.29 is 4.79 Å². The number of nitriles is 1. The number of hydrogen-bond donors (Lipinski definition) is 2. The van der Waals surface area contributed by atoms with Crippen LogP contribution in [0, 0.1) is 11.3 Å². The minimum atomic E-state index is -0.109. The Bertz CT molecular complexity index is 1210. The van der Waals surface area contributed by atoms with Crippen LogP contribution >= 0.6 is 11.8 Å². The van der Waals surface area contributed by atoms with Crippen molar-refractivity contribution in [3.63, 3.8) is 0 Å². The van der Waals surface area contributed by atoms with Crippen LogP contribution in [0.25, 0.3) is 10.9 Å². The van der Waals surface area contributed by atoms with E-state index in [1.54, 1.807) is 6.07 Å². The Morgan fingerprint density at radius 2 is 1.69 bits per heavy atom. The van der Waals surface area contributed by atoms with Crippen molar-refractivity contribution in [2.24, 2.45) is 0 Å². The standard InChI is InChI=1S/C24H19N3OS/c25-15-17-7-1-5-11-22(17)29-23-12-6-3-9-20(23)24(28)26-14-13-18-16-27-21-10-4-2-8-19(18)21/h1-12,16,27H,13-14H2,(H,26,28). The van der Waals surface area contributed by atoms with Crippen LogP contribution in [0.5, 0.6) is 0 Å². The highest BCUT2D eigenvalue weighted by Gasteiger charge is 2.13. The van der Waals surface area contributed by atoms with Crippen LogP contribution < -0.4 is 5.32 Å². The summed E-state index contributed by atoms with van der Waals surface area (Å²) < 4.78 is 0. The number of amides is 1. The summed E-state index contributed by atoms with van der Waals surface area (Å²) in [6.07, 6.45) is 2.75. The number of nitrogens with one attached hydrogen (secondary N) is 2. The molecule has 0 fully saturated rings. The average Bonchev–Trinajstić information content (AvgIpc) is 3.17. The zero-order chi connectivity index (χ0) is 20.1. The van der Waals surface area contributed by atoms with Gasteiger partial charge < -0.3 is 10.3 Å². The average molecular weight is 398 g/mol. The highest BCUT2D eigenvalue weighted by molar-refractivity contribution is 7.99. The fourth-order valence-corrected chi connectivity index (χ4v) is 4.28. The molecular weight excluding hydrogens is 378 g/mol. The van der Waals surface area contributed by atoms with E-state index in [-0.39, 0.29) is 5.91 Å². The summed E-state index contributed by atoms with van der Waals surface area (Å²) in [6, 6.07) is 25.3. The highest BCUT2D eigenvalue weighted by atomic mass is 32.2. The van der Waals surface area contributed by atoms with E-state index < -0.39 is 0 Å². The second-order valence-electron chi connectivity index (χ2n) is 6.57. The minimum absolute atomic E-state index is 0.109. The van der Waals surface area contributed by atoms with Crippen molar-refractivity contribution in [1.82, 2.24) is 10.3 Å². The Kier molecular flexibility index (Phi) is 5.64. The van der Waals surface area contributed by atoms with Gasteiger partial charge >= 0.3 is 0 Å². The number of benzene rings is 3. The summed E-state index contributed by atoms with van der Waals surface area (Å²) in [7, 11) is 0. The van der Waals surface area contributed by atoms with Crippen LogP contribution in [0.2, 0.25) is 0 Å². The number of fused-ring (bicyclic) bond motifs is 1. The van der Waals surface area contributed by atoms with Gasteiger partial charge in [0, 0.05) is 33.4 Å². The molecule has 4 rings (SSSR count). The summed E-state index contributed by atoms with van der Waals surface area (Å²) in [5.41, 5.74) is 3.51.